The summed E-state index contributed by atoms with van der Waals surface area (Å²) < 4.78 is 0. The molecule has 1 atom stereocenters. The molecule has 4 heteroatoms. The molecule has 146 valence electrons. The van der Waals surface area contributed by atoms with Gasteiger partial charge in [0.25, 0.3) is 5.91 Å². The van der Waals surface area contributed by atoms with Gasteiger partial charge in [0, 0.05) is 35.3 Å². The SMILES string of the molecule is CCN1CCSc2ccc(C(=O)N[C@@H](C)C34CC5CC(CC(C5)C3)C4)cc21. The van der Waals surface area contributed by atoms with Crippen molar-refractivity contribution >= 4 is 23.4 Å². The van der Waals surface area contributed by atoms with Gasteiger partial charge in [-0.25, -0.2) is 0 Å². The van der Waals surface area contributed by atoms with Gasteiger partial charge >= 0.3 is 0 Å². The smallest absolute Gasteiger partial charge is 0.251 e. The third kappa shape index (κ3) is 3.08. The fourth-order valence-corrected chi connectivity index (χ4v) is 7.92. The van der Waals surface area contributed by atoms with Crippen LogP contribution in [-0.4, -0.2) is 30.8 Å². The molecule has 4 bridgehead atoms. The first kappa shape index (κ1) is 17.9. The van der Waals surface area contributed by atoms with E-state index in [-0.39, 0.29) is 11.9 Å². The number of benzene rings is 1. The number of thioether (sulfide) groups is 1. The van der Waals surface area contributed by atoms with Crippen LogP contribution >= 0.6 is 11.8 Å². The molecule has 1 amide bonds. The molecular weight excluding hydrogens is 352 g/mol. The van der Waals surface area contributed by atoms with E-state index in [0.717, 1.165) is 42.2 Å². The van der Waals surface area contributed by atoms with E-state index in [2.05, 4.69) is 36.2 Å². The van der Waals surface area contributed by atoms with E-state index >= 15 is 0 Å². The average molecular weight is 385 g/mol. The molecule has 5 aliphatic rings. The highest BCUT2D eigenvalue weighted by Crippen LogP contribution is 2.61. The van der Waals surface area contributed by atoms with Gasteiger partial charge < -0.3 is 10.2 Å². The predicted molar refractivity (Wildman–Crippen MR) is 113 cm³/mol. The maximum atomic E-state index is 13.1. The van der Waals surface area contributed by atoms with Crippen molar-refractivity contribution < 1.29 is 4.79 Å². The summed E-state index contributed by atoms with van der Waals surface area (Å²) in [5.74, 6) is 4.03. The van der Waals surface area contributed by atoms with Crippen LogP contribution in [0, 0.1) is 23.2 Å². The summed E-state index contributed by atoms with van der Waals surface area (Å²) in [5.41, 5.74) is 2.43. The fourth-order valence-electron chi connectivity index (χ4n) is 6.88. The molecule has 0 saturated heterocycles. The lowest BCUT2D eigenvalue weighted by atomic mass is 9.48. The van der Waals surface area contributed by atoms with Crippen molar-refractivity contribution in [3.8, 4) is 0 Å². The Hall–Kier alpha value is -1.16. The molecular formula is C23H32N2OS. The first-order chi connectivity index (χ1) is 13.1. The maximum absolute atomic E-state index is 13.1. The van der Waals surface area contributed by atoms with Gasteiger partial charge in [0.05, 0.1) is 5.69 Å². The van der Waals surface area contributed by atoms with Crippen LogP contribution in [0.1, 0.15) is 62.7 Å². The van der Waals surface area contributed by atoms with Gasteiger partial charge in [0.15, 0.2) is 0 Å². The van der Waals surface area contributed by atoms with Crippen LogP contribution in [0.25, 0.3) is 0 Å². The second-order valence-electron chi connectivity index (χ2n) is 9.59. The molecule has 0 aromatic heterocycles. The van der Waals surface area contributed by atoms with E-state index in [9.17, 15) is 4.79 Å². The van der Waals surface area contributed by atoms with Gasteiger partial charge in [0.1, 0.15) is 0 Å². The van der Waals surface area contributed by atoms with Crippen molar-refractivity contribution in [2.24, 2.45) is 23.2 Å². The Morgan fingerprint density at radius 1 is 1.22 bits per heavy atom. The maximum Gasteiger partial charge on any atom is 0.251 e. The summed E-state index contributed by atoms with van der Waals surface area (Å²) in [6.45, 7) is 6.55. The molecule has 4 saturated carbocycles. The molecule has 1 aliphatic heterocycles. The number of amides is 1. The number of hydrogen-bond acceptors (Lipinski definition) is 3. The Bertz CT molecular complexity index is 711. The summed E-state index contributed by atoms with van der Waals surface area (Å²) in [5, 5.41) is 3.43. The quantitative estimate of drug-likeness (QED) is 0.797. The van der Waals surface area contributed by atoms with E-state index in [1.54, 1.807) is 0 Å². The van der Waals surface area contributed by atoms with E-state index in [4.69, 9.17) is 0 Å². The summed E-state index contributed by atoms with van der Waals surface area (Å²) in [6.07, 6.45) is 8.38. The number of nitrogens with one attached hydrogen (secondary N) is 1. The van der Waals surface area contributed by atoms with Crippen molar-refractivity contribution in [1.29, 1.82) is 0 Å². The topological polar surface area (TPSA) is 32.3 Å². The standard InChI is InChI=1S/C23H32N2OS/c1-3-25-6-7-27-21-5-4-19(11-20(21)25)22(26)24-15(2)23-12-16-8-17(13-23)10-18(9-16)14-23/h4-5,11,15-18H,3,6-10,12-14H2,1-2H3,(H,24,26)/t15-,16?,17?,18?,23?/m0/s1. The summed E-state index contributed by atoms with van der Waals surface area (Å²) >= 11 is 1.91. The number of carbonyl (C=O) groups is 1. The van der Waals surface area contributed by atoms with Crippen molar-refractivity contribution in [3.63, 3.8) is 0 Å². The van der Waals surface area contributed by atoms with Crippen LogP contribution < -0.4 is 10.2 Å². The van der Waals surface area contributed by atoms with E-state index < -0.39 is 0 Å². The Morgan fingerprint density at radius 3 is 2.52 bits per heavy atom. The minimum Gasteiger partial charge on any atom is -0.370 e. The highest BCUT2D eigenvalue weighted by Gasteiger charge is 2.53. The minimum atomic E-state index is 0.118. The second-order valence-corrected chi connectivity index (χ2v) is 10.7. The van der Waals surface area contributed by atoms with Gasteiger partial charge in [-0.2, -0.15) is 0 Å². The monoisotopic (exact) mass is 384 g/mol. The Balaban J connectivity index is 1.33. The Kier molecular flexibility index (Phi) is 4.46. The minimum absolute atomic E-state index is 0.118. The summed E-state index contributed by atoms with van der Waals surface area (Å²) in [7, 11) is 0. The highest BCUT2D eigenvalue weighted by molar-refractivity contribution is 7.99. The molecule has 1 aromatic rings. The summed E-state index contributed by atoms with van der Waals surface area (Å²) in [6, 6.07) is 6.57. The van der Waals surface area contributed by atoms with Gasteiger partial charge in [-0.3, -0.25) is 4.79 Å². The van der Waals surface area contributed by atoms with E-state index in [1.165, 1.54) is 49.1 Å². The molecule has 27 heavy (non-hydrogen) atoms. The lowest BCUT2D eigenvalue weighted by Crippen LogP contribution is -2.55. The van der Waals surface area contributed by atoms with Crippen molar-refractivity contribution in [3.05, 3.63) is 23.8 Å². The van der Waals surface area contributed by atoms with Crippen LogP contribution in [0.3, 0.4) is 0 Å². The number of anilines is 1. The van der Waals surface area contributed by atoms with Gasteiger partial charge in [-0.1, -0.05) is 0 Å². The molecule has 1 aromatic carbocycles. The number of rotatable bonds is 4. The number of nitrogens with zero attached hydrogens (tertiary/aromatic N) is 1. The van der Waals surface area contributed by atoms with Gasteiger partial charge in [-0.15, -0.1) is 11.8 Å². The average Bonchev–Trinajstić information content (AvgIpc) is 2.66. The van der Waals surface area contributed by atoms with Crippen LogP contribution in [0.15, 0.2) is 23.1 Å². The molecule has 0 spiro atoms. The molecule has 3 nitrogen and oxygen atoms in total. The lowest BCUT2D eigenvalue weighted by Gasteiger charge is -2.59. The van der Waals surface area contributed by atoms with Gasteiger partial charge in [-0.05, 0) is 93.7 Å². The zero-order valence-electron chi connectivity index (χ0n) is 16.7. The van der Waals surface area contributed by atoms with Gasteiger partial charge in [0.2, 0.25) is 0 Å². The highest BCUT2D eigenvalue weighted by atomic mass is 32.2. The Morgan fingerprint density at radius 2 is 1.89 bits per heavy atom. The molecule has 4 fully saturated rings. The first-order valence-corrected chi connectivity index (χ1v) is 11.9. The van der Waals surface area contributed by atoms with Crippen LogP contribution in [0.5, 0.6) is 0 Å². The molecule has 4 aliphatic carbocycles. The second kappa shape index (κ2) is 6.72. The van der Waals surface area contributed by atoms with Crippen LogP contribution in [-0.2, 0) is 0 Å². The van der Waals surface area contributed by atoms with Crippen LogP contribution in [0.4, 0.5) is 5.69 Å². The Labute approximate surface area is 167 Å². The van der Waals surface area contributed by atoms with E-state index in [0.29, 0.717) is 5.41 Å². The van der Waals surface area contributed by atoms with Crippen molar-refractivity contribution in [2.45, 2.75) is 63.3 Å². The van der Waals surface area contributed by atoms with Crippen molar-refractivity contribution in [1.82, 2.24) is 5.32 Å². The first-order valence-electron chi connectivity index (χ1n) is 10.9. The number of carbonyl (C=O) groups excluding carboxylic acids is 1. The number of fused-ring (bicyclic) bond motifs is 1. The molecule has 1 heterocycles. The molecule has 0 radical (unpaired) electrons. The van der Waals surface area contributed by atoms with E-state index in [1.807, 2.05) is 17.8 Å². The largest absolute Gasteiger partial charge is 0.370 e. The third-order valence-corrected chi connectivity index (χ3v) is 8.96. The third-order valence-electron chi connectivity index (χ3n) is 7.91. The van der Waals surface area contributed by atoms with Crippen molar-refractivity contribution in [2.75, 3.05) is 23.7 Å². The predicted octanol–water partition coefficient (Wildman–Crippen LogP) is 4.95. The van der Waals surface area contributed by atoms with Crippen LogP contribution in [0.2, 0.25) is 0 Å². The summed E-state index contributed by atoms with van der Waals surface area (Å²) in [4.78, 5) is 16.8. The number of hydrogen-bond donors (Lipinski definition) is 1. The molecule has 0 unspecified atom stereocenters. The molecule has 6 rings (SSSR count). The zero-order chi connectivity index (χ0) is 18.6. The molecule has 1 N–H and O–H groups in total. The normalized spacial score (nSPS) is 35.0. The zero-order valence-corrected chi connectivity index (χ0v) is 17.5. The fraction of sp³-hybridized carbons (Fsp3) is 0.696. The lowest BCUT2D eigenvalue weighted by molar-refractivity contribution is -0.0688.